The molecule has 3 rings (SSSR count). The van der Waals surface area contributed by atoms with Gasteiger partial charge in [0.05, 0.1) is 11.6 Å². The van der Waals surface area contributed by atoms with Gasteiger partial charge in [0, 0.05) is 31.3 Å². The summed E-state index contributed by atoms with van der Waals surface area (Å²) in [5, 5.41) is 7.05. The van der Waals surface area contributed by atoms with E-state index < -0.39 is 6.04 Å². The SMILES string of the molecule is Cl.Cl.N[C@H](Cc1ccncc1)C(=O)NCc1cccn2nccc12. The fraction of sp³-hybridized carbons (Fsp3) is 0.188. The van der Waals surface area contributed by atoms with Crippen LogP contribution in [0.3, 0.4) is 0 Å². The van der Waals surface area contributed by atoms with Gasteiger partial charge in [0.25, 0.3) is 0 Å². The summed E-state index contributed by atoms with van der Waals surface area (Å²) in [6.45, 7) is 0.429. The molecule has 0 aliphatic heterocycles. The number of aromatic nitrogens is 3. The van der Waals surface area contributed by atoms with E-state index in [1.165, 1.54) is 0 Å². The first-order chi connectivity index (χ1) is 10.7. The summed E-state index contributed by atoms with van der Waals surface area (Å²) in [5.74, 6) is -0.168. The topological polar surface area (TPSA) is 85.3 Å². The van der Waals surface area contributed by atoms with Gasteiger partial charge in [0.2, 0.25) is 5.91 Å². The van der Waals surface area contributed by atoms with Gasteiger partial charge < -0.3 is 11.1 Å². The fourth-order valence-electron chi connectivity index (χ4n) is 2.34. The Morgan fingerprint density at radius 1 is 1.17 bits per heavy atom. The first kappa shape index (κ1) is 19.9. The number of nitrogens with one attached hydrogen (secondary N) is 1. The van der Waals surface area contributed by atoms with Crippen molar-refractivity contribution < 1.29 is 4.79 Å². The predicted octanol–water partition coefficient (Wildman–Crippen LogP) is 1.76. The van der Waals surface area contributed by atoms with Crippen LogP contribution in [0.1, 0.15) is 11.1 Å². The zero-order valence-electron chi connectivity index (χ0n) is 12.8. The number of hydrogen-bond acceptors (Lipinski definition) is 4. The maximum absolute atomic E-state index is 12.1. The molecule has 0 radical (unpaired) electrons. The first-order valence-corrected chi connectivity index (χ1v) is 7.07. The minimum Gasteiger partial charge on any atom is -0.351 e. The van der Waals surface area contributed by atoms with Gasteiger partial charge in [0.15, 0.2) is 0 Å². The molecule has 24 heavy (non-hydrogen) atoms. The van der Waals surface area contributed by atoms with Crippen LogP contribution in [0, 0.1) is 0 Å². The average Bonchev–Trinajstić information content (AvgIpc) is 3.02. The third kappa shape index (κ3) is 4.67. The number of pyridine rings is 2. The Morgan fingerprint density at radius 2 is 1.92 bits per heavy atom. The fourth-order valence-corrected chi connectivity index (χ4v) is 2.34. The third-order valence-electron chi connectivity index (χ3n) is 3.52. The number of nitrogens with two attached hydrogens (primary N) is 1. The van der Waals surface area contributed by atoms with E-state index in [-0.39, 0.29) is 30.7 Å². The summed E-state index contributed by atoms with van der Waals surface area (Å²) in [7, 11) is 0. The Labute approximate surface area is 152 Å². The molecule has 0 spiro atoms. The zero-order chi connectivity index (χ0) is 15.4. The van der Waals surface area contributed by atoms with Crippen molar-refractivity contribution in [2.75, 3.05) is 0 Å². The third-order valence-corrected chi connectivity index (χ3v) is 3.52. The normalized spacial score (nSPS) is 11.2. The molecular weight excluding hydrogens is 349 g/mol. The largest absolute Gasteiger partial charge is 0.351 e. The Kier molecular flexibility index (Phi) is 7.64. The Balaban J connectivity index is 0.00000144. The molecule has 3 heterocycles. The smallest absolute Gasteiger partial charge is 0.237 e. The lowest BCUT2D eigenvalue weighted by molar-refractivity contribution is -0.122. The zero-order valence-corrected chi connectivity index (χ0v) is 14.5. The quantitative estimate of drug-likeness (QED) is 0.719. The number of fused-ring (bicyclic) bond motifs is 1. The molecule has 3 aromatic rings. The maximum Gasteiger partial charge on any atom is 0.237 e. The van der Waals surface area contributed by atoms with Gasteiger partial charge in [-0.3, -0.25) is 9.78 Å². The summed E-state index contributed by atoms with van der Waals surface area (Å²) in [5.41, 5.74) is 8.93. The molecule has 0 fully saturated rings. The average molecular weight is 368 g/mol. The van der Waals surface area contributed by atoms with Crippen LogP contribution in [-0.2, 0) is 17.8 Å². The molecule has 3 N–H and O–H groups in total. The summed E-state index contributed by atoms with van der Waals surface area (Å²) in [6.07, 6.45) is 7.48. The maximum atomic E-state index is 12.1. The number of carbonyl (C=O) groups excluding carboxylic acids is 1. The van der Waals surface area contributed by atoms with Crippen molar-refractivity contribution in [3.8, 4) is 0 Å². The molecular formula is C16H19Cl2N5O. The molecule has 6 nitrogen and oxygen atoms in total. The van der Waals surface area contributed by atoms with Gasteiger partial charge in [-0.2, -0.15) is 5.10 Å². The number of carbonyl (C=O) groups is 1. The van der Waals surface area contributed by atoms with E-state index in [9.17, 15) is 4.79 Å². The Morgan fingerprint density at radius 3 is 2.67 bits per heavy atom. The van der Waals surface area contributed by atoms with Crippen molar-refractivity contribution >= 4 is 36.2 Å². The first-order valence-electron chi connectivity index (χ1n) is 7.07. The summed E-state index contributed by atoms with van der Waals surface area (Å²) < 4.78 is 1.78. The van der Waals surface area contributed by atoms with Gasteiger partial charge in [0.1, 0.15) is 0 Å². The lowest BCUT2D eigenvalue weighted by Gasteiger charge is -2.12. The lowest BCUT2D eigenvalue weighted by Crippen LogP contribution is -2.41. The van der Waals surface area contributed by atoms with Crippen molar-refractivity contribution in [1.29, 1.82) is 0 Å². The van der Waals surface area contributed by atoms with Crippen LogP contribution < -0.4 is 11.1 Å². The molecule has 0 saturated carbocycles. The number of nitrogens with zero attached hydrogens (tertiary/aromatic N) is 3. The van der Waals surface area contributed by atoms with Crippen LogP contribution in [-0.4, -0.2) is 26.5 Å². The molecule has 0 aliphatic carbocycles. The van der Waals surface area contributed by atoms with Crippen LogP contribution in [0.2, 0.25) is 0 Å². The Bertz CT molecular complexity index is 778. The molecule has 0 bridgehead atoms. The Hall–Kier alpha value is -2.15. The highest BCUT2D eigenvalue weighted by Crippen LogP contribution is 2.09. The summed E-state index contributed by atoms with van der Waals surface area (Å²) >= 11 is 0. The van der Waals surface area contributed by atoms with Crippen molar-refractivity contribution in [3.05, 3.63) is 66.2 Å². The standard InChI is InChI=1S/C16H17N5O.2ClH/c17-14(10-12-3-6-18-7-4-12)16(22)19-11-13-2-1-9-21-15(13)5-8-20-21;;/h1-9,14H,10-11,17H2,(H,19,22);2*1H/t14-;;/m1../s1. The number of hydrogen-bond donors (Lipinski definition) is 2. The van der Waals surface area contributed by atoms with Gasteiger partial charge >= 0.3 is 0 Å². The highest BCUT2D eigenvalue weighted by molar-refractivity contribution is 5.85. The van der Waals surface area contributed by atoms with E-state index in [0.29, 0.717) is 13.0 Å². The van der Waals surface area contributed by atoms with Gasteiger partial charge in [-0.1, -0.05) is 6.07 Å². The minimum atomic E-state index is -0.577. The number of amides is 1. The van der Waals surface area contributed by atoms with Crippen LogP contribution in [0.15, 0.2) is 55.1 Å². The molecule has 8 heteroatoms. The minimum absolute atomic E-state index is 0. The molecule has 0 saturated heterocycles. The predicted molar refractivity (Wildman–Crippen MR) is 97.5 cm³/mol. The molecule has 1 atom stereocenters. The molecule has 0 aromatic carbocycles. The van der Waals surface area contributed by atoms with E-state index in [2.05, 4.69) is 15.4 Å². The number of rotatable bonds is 5. The summed E-state index contributed by atoms with van der Waals surface area (Å²) in [4.78, 5) is 16.1. The van der Waals surface area contributed by atoms with E-state index in [1.807, 2.05) is 36.5 Å². The van der Waals surface area contributed by atoms with Crippen molar-refractivity contribution in [1.82, 2.24) is 19.9 Å². The second-order valence-corrected chi connectivity index (χ2v) is 5.08. The van der Waals surface area contributed by atoms with E-state index in [4.69, 9.17) is 5.73 Å². The molecule has 3 aromatic heterocycles. The highest BCUT2D eigenvalue weighted by atomic mass is 35.5. The monoisotopic (exact) mass is 367 g/mol. The van der Waals surface area contributed by atoms with Crippen LogP contribution >= 0.6 is 24.8 Å². The van der Waals surface area contributed by atoms with Crippen molar-refractivity contribution in [2.45, 2.75) is 19.0 Å². The van der Waals surface area contributed by atoms with Crippen molar-refractivity contribution in [2.24, 2.45) is 5.73 Å². The second-order valence-electron chi connectivity index (χ2n) is 5.08. The molecule has 0 unspecified atom stereocenters. The van der Waals surface area contributed by atoms with Crippen LogP contribution in [0.5, 0.6) is 0 Å². The molecule has 0 aliphatic rings. The second kappa shape index (κ2) is 9.22. The van der Waals surface area contributed by atoms with E-state index in [0.717, 1.165) is 16.6 Å². The number of halogens is 2. The van der Waals surface area contributed by atoms with Gasteiger partial charge in [-0.25, -0.2) is 4.52 Å². The highest BCUT2D eigenvalue weighted by Gasteiger charge is 2.14. The summed E-state index contributed by atoms with van der Waals surface area (Å²) in [6, 6.07) is 8.93. The van der Waals surface area contributed by atoms with Crippen LogP contribution in [0.4, 0.5) is 0 Å². The van der Waals surface area contributed by atoms with Crippen LogP contribution in [0.25, 0.3) is 5.52 Å². The molecule has 1 amide bonds. The lowest BCUT2D eigenvalue weighted by atomic mass is 10.1. The van der Waals surface area contributed by atoms with Gasteiger partial charge in [-0.05, 0) is 41.8 Å². The van der Waals surface area contributed by atoms with E-state index >= 15 is 0 Å². The van der Waals surface area contributed by atoms with E-state index in [1.54, 1.807) is 23.1 Å². The van der Waals surface area contributed by atoms with Crippen molar-refractivity contribution in [3.63, 3.8) is 0 Å². The van der Waals surface area contributed by atoms with Gasteiger partial charge in [-0.15, -0.1) is 24.8 Å². The molecule has 128 valence electrons.